The summed E-state index contributed by atoms with van der Waals surface area (Å²) in [6, 6.07) is 6.22. The second-order valence-electron chi connectivity index (χ2n) is 5.93. The van der Waals surface area contributed by atoms with E-state index in [0.717, 1.165) is 12.8 Å². The summed E-state index contributed by atoms with van der Waals surface area (Å²) in [5.41, 5.74) is 0.0381. The maximum absolute atomic E-state index is 12.7. The van der Waals surface area contributed by atoms with Crippen LogP contribution < -0.4 is 5.56 Å². The molecule has 0 aliphatic carbocycles. The molecule has 2 aromatic heterocycles. The van der Waals surface area contributed by atoms with Crippen molar-refractivity contribution in [3.63, 3.8) is 0 Å². The van der Waals surface area contributed by atoms with Crippen LogP contribution in [0.5, 0.6) is 0 Å². The molecular weight excluding hydrogens is 310 g/mol. The highest BCUT2D eigenvalue weighted by Crippen LogP contribution is 2.28. The molecule has 1 amide bonds. The van der Waals surface area contributed by atoms with Crippen LogP contribution in [0.3, 0.4) is 0 Å². The fraction of sp³-hybridized carbons (Fsp3) is 0.471. The predicted molar refractivity (Wildman–Crippen MR) is 86.5 cm³/mol. The van der Waals surface area contributed by atoms with Crippen LogP contribution in [0.15, 0.2) is 39.7 Å². The third kappa shape index (κ3) is 3.26. The lowest BCUT2D eigenvalue weighted by Crippen LogP contribution is -2.38. The fourth-order valence-corrected chi connectivity index (χ4v) is 3.14. The second-order valence-corrected chi connectivity index (χ2v) is 5.93. The Morgan fingerprint density at radius 1 is 1.46 bits per heavy atom. The van der Waals surface area contributed by atoms with E-state index in [2.05, 4.69) is 5.10 Å². The summed E-state index contributed by atoms with van der Waals surface area (Å²) in [6.45, 7) is 2.85. The zero-order valence-corrected chi connectivity index (χ0v) is 13.6. The molecule has 2 unspecified atom stereocenters. The van der Waals surface area contributed by atoms with E-state index in [9.17, 15) is 14.7 Å². The van der Waals surface area contributed by atoms with Crippen molar-refractivity contribution in [3.8, 4) is 0 Å². The highest BCUT2D eigenvalue weighted by molar-refractivity contribution is 5.92. The van der Waals surface area contributed by atoms with Gasteiger partial charge in [-0.15, -0.1) is 0 Å². The molecule has 3 rings (SSSR count). The van der Waals surface area contributed by atoms with Crippen LogP contribution in [0.4, 0.5) is 0 Å². The SMILES string of the molecule is CCn1nc(C(=O)N2CCCC2CC(O)c2ccco2)ccc1=O. The Labute approximate surface area is 139 Å². The molecule has 1 saturated heterocycles. The van der Waals surface area contributed by atoms with Crippen LogP contribution in [0.1, 0.15) is 48.5 Å². The molecule has 1 aliphatic heterocycles. The molecule has 3 heterocycles. The lowest BCUT2D eigenvalue weighted by atomic mass is 10.0. The zero-order chi connectivity index (χ0) is 17.1. The quantitative estimate of drug-likeness (QED) is 0.899. The monoisotopic (exact) mass is 331 g/mol. The van der Waals surface area contributed by atoms with E-state index < -0.39 is 6.10 Å². The fourth-order valence-electron chi connectivity index (χ4n) is 3.14. The number of aliphatic hydroxyl groups is 1. The van der Waals surface area contributed by atoms with Crippen molar-refractivity contribution in [2.75, 3.05) is 6.54 Å². The van der Waals surface area contributed by atoms with Crippen LogP contribution in [0.25, 0.3) is 0 Å². The number of likely N-dealkylation sites (tertiary alicyclic amines) is 1. The standard InChI is InChI=1S/C17H21N3O4/c1-2-20-16(22)8-7-13(18-20)17(23)19-9-3-5-12(19)11-14(21)15-6-4-10-24-15/h4,6-8,10,12,14,21H,2-3,5,9,11H2,1H3. The van der Waals surface area contributed by atoms with Gasteiger partial charge in [-0.2, -0.15) is 5.10 Å². The van der Waals surface area contributed by atoms with Crippen molar-refractivity contribution in [2.24, 2.45) is 0 Å². The van der Waals surface area contributed by atoms with Gasteiger partial charge in [0.2, 0.25) is 0 Å². The van der Waals surface area contributed by atoms with Gasteiger partial charge in [-0.3, -0.25) is 9.59 Å². The van der Waals surface area contributed by atoms with Crippen molar-refractivity contribution < 1.29 is 14.3 Å². The van der Waals surface area contributed by atoms with Crippen molar-refractivity contribution in [1.29, 1.82) is 0 Å². The number of carbonyl (C=O) groups is 1. The minimum Gasteiger partial charge on any atom is -0.467 e. The Balaban J connectivity index is 1.75. The molecule has 7 nitrogen and oxygen atoms in total. The van der Waals surface area contributed by atoms with E-state index in [0.29, 0.717) is 25.3 Å². The van der Waals surface area contributed by atoms with E-state index in [4.69, 9.17) is 4.42 Å². The number of aliphatic hydroxyl groups excluding tert-OH is 1. The topological polar surface area (TPSA) is 88.6 Å². The first-order chi connectivity index (χ1) is 11.6. The van der Waals surface area contributed by atoms with Gasteiger partial charge in [-0.25, -0.2) is 4.68 Å². The molecule has 24 heavy (non-hydrogen) atoms. The van der Waals surface area contributed by atoms with Gasteiger partial charge in [0.05, 0.1) is 6.26 Å². The largest absolute Gasteiger partial charge is 0.467 e. The lowest BCUT2D eigenvalue weighted by molar-refractivity contribution is 0.0633. The summed E-state index contributed by atoms with van der Waals surface area (Å²) in [4.78, 5) is 26.1. The molecule has 0 spiro atoms. The van der Waals surface area contributed by atoms with Crippen LogP contribution in [0, 0.1) is 0 Å². The molecule has 0 saturated carbocycles. The molecule has 1 N–H and O–H groups in total. The number of aryl methyl sites for hydroxylation is 1. The Bertz CT molecular complexity index is 753. The smallest absolute Gasteiger partial charge is 0.274 e. The highest BCUT2D eigenvalue weighted by atomic mass is 16.4. The van der Waals surface area contributed by atoms with E-state index >= 15 is 0 Å². The summed E-state index contributed by atoms with van der Waals surface area (Å²) >= 11 is 0. The minimum absolute atomic E-state index is 0.0681. The minimum atomic E-state index is -0.740. The number of carbonyl (C=O) groups excluding carboxylic acids is 1. The Kier molecular flexibility index (Phi) is 4.80. The summed E-state index contributed by atoms with van der Waals surface area (Å²) in [5, 5.41) is 14.4. The van der Waals surface area contributed by atoms with Gasteiger partial charge < -0.3 is 14.4 Å². The van der Waals surface area contributed by atoms with E-state index in [1.165, 1.54) is 23.1 Å². The lowest BCUT2D eigenvalue weighted by Gasteiger charge is -2.25. The number of aromatic nitrogens is 2. The molecule has 2 aromatic rings. The summed E-state index contributed by atoms with van der Waals surface area (Å²) in [6.07, 6.45) is 2.92. The average molecular weight is 331 g/mol. The Hall–Kier alpha value is -2.41. The van der Waals surface area contributed by atoms with Crippen molar-refractivity contribution in [3.05, 3.63) is 52.3 Å². The number of amides is 1. The highest BCUT2D eigenvalue weighted by Gasteiger charge is 2.32. The number of rotatable bonds is 5. The van der Waals surface area contributed by atoms with Crippen molar-refractivity contribution in [1.82, 2.24) is 14.7 Å². The number of furan rings is 1. The van der Waals surface area contributed by atoms with Gasteiger partial charge in [0, 0.05) is 31.6 Å². The van der Waals surface area contributed by atoms with Gasteiger partial charge >= 0.3 is 0 Å². The molecule has 7 heteroatoms. The van der Waals surface area contributed by atoms with Gasteiger partial charge in [-0.05, 0) is 38.0 Å². The molecule has 0 radical (unpaired) electrons. The molecule has 1 fully saturated rings. The first-order valence-corrected chi connectivity index (χ1v) is 8.20. The predicted octanol–water partition coefficient (Wildman–Crippen LogP) is 1.58. The van der Waals surface area contributed by atoms with E-state index in [1.54, 1.807) is 24.0 Å². The third-order valence-electron chi connectivity index (χ3n) is 4.39. The second kappa shape index (κ2) is 7.00. The van der Waals surface area contributed by atoms with Crippen LogP contribution in [0.2, 0.25) is 0 Å². The van der Waals surface area contributed by atoms with Crippen LogP contribution in [-0.4, -0.2) is 38.3 Å². The number of hydrogen-bond donors (Lipinski definition) is 1. The normalized spacial score (nSPS) is 18.8. The molecule has 128 valence electrons. The molecule has 0 bridgehead atoms. The Morgan fingerprint density at radius 3 is 3.00 bits per heavy atom. The maximum atomic E-state index is 12.7. The molecule has 0 aromatic carbocycles. The molecule has 2 atom stereocenters. The van der Waals surface area contributed by atoms with Crippen molar-refractivity contribution >= 4 is 5.91 Å². The average Bonchev–Trinajstić information content (AvgIpc) is 3.26. The van der Waals surface area contributed by atoms with Gasteiger partial charge in [0.1, 0.15) is 17.6 Å². The van der Waals surface area contributed by atoms with E-state index in [1.807, 2.05) is 0 Å². The van der Waals surface area contributed by atoms with Crippen LogP contribution >= 0.6 is 0 Å². The van der Waals surface area contributed by atoms with E-state index in [-0.39, 0.29) is 23.2 Å². The number of hydrogen-bond acceptors (Lipinski definition) is 5. The first kappa shape index (κ1) is 16.4. The van der Waals surface area contributed by atoms with Gasteiger partial charge in [0.15, 0.2) is 0 Å². The van der Waals surface area contributed by atoms with Crippen LogP contribution in [-0.2, 0) is 6.54 Å². The molecule has 1 aliphatic rings. The molecular formula is C17H21N3O4. The number of nitrogens with zero attached hydrogens (tertiary/aromatic N) is 3. The van der Waals surface area contributed by atoms with Gasteiger partial charge in [0.25, 0.3) is 11.5 Å². The summed E-state index contributed by atoms with van der Waals surface area (Å²) in [7, 11) is 0. The van der Waals surface area contributed by atoms with Crippen molar-refractivity contribution in [2.45, 2.75) is 44.9 Å². The first-order valence-electron chi connectivity index (χ1n) is 8.20. The van der Waals surface area contributed by atoms with Gasteiger partial charge in [-0.1, -0.05) is 0 Å². The summed E-state index contributed by atoms with van der Waals surface area (Å²) in [5.74, 6) is 0.304. The zero-order valence-electron chi connectivity index (χ0n) is 13.6. The summed E-state index contributed by atoms with van der Waals surface area (Å²) < 4.78 is 6.50. The Morgan fingerprint density at radius 2 is 2.29 bits per heavy atom. The third-order valence-corrected chi connectivity index (χ3v) is 4.39. The maximum Gasteiger partial charge on any atom is 0.274 e.